The van der Waals surface area contributed by atoms with E-state index in [2.05, 4.69) is 11.4 Å². The molecule has 1 aliphatic heterocycles. The lowest BCUT2D eigenvalue weighted by Gasteiger charge is -2.28. The van der Waals surface area contributed by atoms with Crippen LogP contribution >= 0.6 is 0 Å². The smallest absolute Gasteiger partial charge is 0.238 e. The quantitative estimate of drug-likeness (QED) is 0.783. The molecule has 1 aromatic carbocycles. The Labute approximate surface area is 164 Å². The van der Waals surface area contributed by atoms with Gasteiger partial charge in [-0.15, -0.1) is 0 Å². The second kappa shape index (κ2) is 8.97. The van der Waals surface area contributed by atoms with Crippen LogP contribution in [-0.2, 0) is 11.3 Å². The molecular formula is C21H28F2N4O. The van der Waals surface area contributed by atoms with E-state index in [4.69, 9.17) is 5.73 Å². The average molecular weight is 390 g/mol. The lowest BCUT2D eigenvalue weighted by Crippen LogP contribution is -2.54. The van der Waals surface area contributed by atoms with E-state index in [1.807, 2.05) is 0 Å². The van der Waals surface area contributed by atoms with Crippen molar-refractivity contribution in [1.82, 2.24) is 10.2 Å². The zero-order valence-corrected chi connectivity index (χ0v) is 16.1. The van der Waals surface area contributed by atoms with Gasteiger partial charge in [-0.25, -0.2) is 8.78 Å². The Hall–Kier alpha value is -2.04. The van der Waals surface area contributed by atoms with Crippen LogP contribution in [-0.4, -0.2) is 35.5 Å². The first-order chi connectivity index (χ1) is 13.4. The highest BCUT2D eigenvalue weighted by Gasteiger charge is 2.41. The number of halogens is 2. The number of likely N-dealkylation sites (tertiary alicyclic amines) is 1. The number of nitrogens with zero attached hydrogens (tertiary/aromatic N) is 2. The van der Waals surface area contributed by atoms with Crippen molar-refractivity contribution in [1.29, 1.82) is 5.26 Å². The Morgan fingerprint density at radius 1 is 1.32 bits per heavy atom. The summed E-state index contributed by atoms with van der Waals surface area (Å²) in [6.45, 7) is 0.755. The first-order valence-electron chi connectivity index (χ1n) is 10.1. The summed E-state index contributed by atoms with van der Waals surface area (Å²) >= 11 is 0. The molecule has 1 amide bonds. The van der Waals surface area contributed by atoms with Gasteiger partial charge in [-0.2, -0.15) is 5.26 Å². The normalized spacial score (nSPS) is 24.6. The third-order valence-corrected chi connectivity index (χ3v) is 6.02. The van der Waals surface area contributed by atoms with Crippen LogP contribution in [0.4, 0.5) is 8.78 Å². The number of nitrogens with one attached hydrogen (secondary N) is 1. The van der Waals surface area contributed by atoms with Crippen molar-refractivity contribution in [2.75, 3.05) is 13.1 Å². The number of hydrogen-bond acceptors (Lipinski definition) is 4. The second-order valence-corrected chi connectivity index (χ2v) is 8.19. The number of amides is 1. The molecule has 152 valence electrons. The minimum Gasteiger partial charge on any atom is -0.335 e. The van der Waals surface area contributed by atoms with Crippen LogP contribution in [0.2, 0.25) is 0 Å². The van der Waals surface area contributed by atoms with E-state index in [1.54, 1.807) is 4.90 Å². The minimum absolute atomic E-state index is 0.0171. The summed E-state index contributed by atoms with van der Waals surface area (Å²) in [6.07, 6.45) is 6.86. The highest BCUT2D eigenvalue weighted by molar-refractivity contribution is 5.82. The van der Waals surface area contributed by atoms with E-state index >= 15 is 0 Å². The van der Waals surface area contributed by atoms with Crippen molar-refractivity contribution in [2.45, 2.75) is 63.1 Å². The van der Waals surface area contributed by atoms with E-state index in [-0.39, 0.29) is 24.6 Å². The molecule has 1 aromatic rings. The molecule has 0 aromatic heterocycles. The largest absolute Gasteiger partial charge is 0.335 e. The SMILES string of the molecule is N#CC1(NC(=O)C(N)CC2CCCCC2)CCN(Cc2c(F)cccc2F)C1. The van der Waals surface area contributed by atoms with Crippen LogP contribution in [0.1, 0.15) is 50.5 Å². The average Bonchev–Trinajstić information content (AvgIpc) is 3.09. The molecule has 3 N–H and O–H groups in total. The number of carbonyl (C=O) groups excluding carboxylic acids is 1. The van der Waals surface area contributed by atoms with Crippen LogP contribution in [0.25, 0.3) is 0 Å². The third kappa shape index (κ3) is 4.86. The van der Waals surface area contributed by atoms with Crippen molar-refractivity contribution in [3.05, 3.63) is 35.4 Å². The van der Waals surface area contributed by atoms with Crippen molar-refractivity contribution < 1.29 is 13.6 Å². The maximum absolute atomic E-state index is 13.9. The summed E-state index contributed by atoms with van der Waals surface area (Å²) in [4.78, 5) is 14.4. The van der Waals surface area contributed by atoms with E-state index < -0.39 is 23.2 Å². The molecule has 1 saturated heterocycles. The highest BCUT2D eigenvalue weighted by atomic mass is 19.1. The van der Waals surface area contributed by atoms with Gasteiger partial charge in [0.05, 0.1) is 12.1 Å². The fourth-order valence-electron chi connectivity index (χ4n) is 4.37. The topological polar surface area (TPSA) is 82.1 Å². The van der Waals surface area contributed by atoms with E-state index in [0.29, 0.717) is 25.3 Å². The molecule has 2 atom stereocenters. The molecule has 28 heavy (non-hydrogen) atoms. The molecule has 2 fully saturated rings. The van der Waals surface area contributed by atoms with Crippen molar-refractivity contribution in [2.24, 2.45) is 11.7 Å². The van der Waals surface area contributed by atoms with E-state index in [0.717, 1.165) is 12.8 Å². The Balaban J connectivity index is 1.58. The maximum Gasteiger partial charge on any atom is 0.238 e. The van der Waals surface area contributed by atoms with Crippen LogP contribution in [0.5, 0.6) is 0 Å². The molecular weight excluding hydrogens is 362 g/mol. The standard InChI is InChI=1S/C21H28F2N4O/c22-17-7-4-8-18(23)16(17)12-27-10-9-21(13-24,14-27)26-20(28)19(25)11-15-5-2-1-3-6-15/h4,7-8,15,19H,1-3,5-6,9-12,14,25H2,(H,26,28). The molecule has 5 nitrogen and oxygen atoms in total. The molecule has 2 unspecified atom stereocenters. The predicted molar refractivity (Wildman–Crippen MR) is 102 cm³/mol. The maximum atomic E-state index is 13.9. The number of nitriles is 1. The van der Waals surface area contributed by atoms with Crippen LogP contribution in [0, 0.1) is 28.9 Å². The van der Waals surface area contributed by atoms with Gasteiger partial charge in [-0.05, 0) is 30.9 Å². The summed E-state index contributed by atoms with van der Waals surface area (Å²) in [7, 11) is 0. The molecule has 0 bridgehead atoms. The summed E-state index contributed by atoms with van der Waals surface area (Å²) in [5, 5.41) is 12.5. The molecule has 0 radical (unpaired) electrons. The van der Waals surface area contributed by atoms with Gasteiger partial charge in [-0.3, -0.25) is 9.69 Å². The van der Waals surface area contributed by atoms with E-state index in [9.17, 15) is 18.8 Å². The first kappa shape index (κ1) is 20.7. The number of rotatable bonds is 6. The molecule has 1 saturated carbocycles. The van der Waals surface area contributed by atoms with Crippen LogP contribution in [0.15, 0.2) is 18.2 Å². The lowest BCUT2D eigenvalue weighted by atomic mass is 9.84. The number of nitrogens with two attached hydrogens (primary N) is 1. The zero-order chi connectivity index (χ0) is 20.1. The van der Waals surface area contributed by atoms with Gasteiger partial charge in [-0.1, -0.05) is 38.2 Å². The number of benzene rings is 1. The zero-order valence-electron chi connectivity index (χ0n) is 16.1. The summed E-state index contributed by atoms with van der Waals surface area (Å²) in [5.74, 6) is -1.05. The Morgan fingerprint density at radius 2 is 2.00 bits per heavy atom. The Kier molecular flexibility index (Phi) is 6.63. The number of carbonyl (C=O) groups is 1. The summed E-state index contributed by atoms with van der Waals surface area (Å²) < 4.78 is 27.8. The fraction of sp³-hybridized carbons (Fsp3) is 0.619. The second-order valence-electron chi connectivity index (χ2n) is 8.19. The van der Waals surface area contributed by atoms with E-state index in [1.165, 1.54) is 37.5 Å². The summed E-state index contributed by atoms with van der Waals surface area (Å²) in [5.41, 5.74) is 5.02. The minimum atomic E-state index is -1.07. The summed E-state index contributed by atoms with van der Waals surface area (Å²) in [6, 6.07) is 5.33. The van der Waals surface area contributed by atoms with Gasteiger partial charge >= 0.3 is 0 Å². The molecule has 2 aliphatic rings. The van der Waals surface area contributed by atoms with Crippen molar-refractivity contribution >= 4 is 5.91 Å². The van der Waals surface area contributed by atoms with Crippen molar-refractivity contribution in [3.63, 3.8) is 0 Å². The number of hydrogen-bond donors (Lipinski definition) is 2. The molecule has 0 spiro atoms. The van der Waals surface area contributed by atoms with Crippen molar-refractivity contribution in [3.8, 4) is 6.07 Å². The molecule has 7 heteroatoms. The lowest BCUT2D eigenvalue weighted by molar-refractivity contribution is -0.124. The van der Waals surface area contributed by atoms with Gasteiger partial charge in [0.25, 0.3) is 0 Å². The predicted octanol–water partition coefficient (Wildman–Crippen LogP) is 2.85. The molecule has 3 rings (SSSR count). The first-order valence-corrected chi connectivity index (χ1v) is 10.1. The monoisotopic (exact) mass is 390 g/mol. The molecule has 1 aliphatic carbocycles. The Bertz CT molecular complexity index is 724. The van der Waals surface area contributed by atoms with Gasteiger partial charge in [0.2, 0.25) is 5.91 Å². The van der Waals surface area contributed by atoms with Gasteiger partial charge in [0.15, 0.2) is 0 Å². The van der Waals surface area contributed by atoms with Gasteiger partial charge in [0, 0.05) is 25.2 Å². The van der Waals surface area contributed by atoms with Gasteiger partial charge in [0.1, 0.15) is 17.2 Å². The fourth-order valence-corrected chi connectivity index (χ4v) is 4.37. The van der Waals surface area contributed by atoms with Crippen LogP contribution in [0.3, 0.4) is 0 Å². The molecule has 1 heterocycles. The van der Waals surface area contributed by atoms with Crippen LogP contribution < -0.4 is 11.1 Å². The third-order valence-electron chi connectivity index (χ3n) is 6.02. The highest BCUT2D eigenvalue weighted by Crippen LogP contribution is 2.28. The Morgan fingerprint density at radius 3 is 2.64 bits per heavy atom. The van der Waals surface area contributed by atoms with Gasteiger partial charge < -0.3 is 11.1 Å².